The molecular weight excluding hydrogens is 207 g/mol. The molecule has 0 saturated carbocycles. The molecule has 2 N–H and O–H groups in total. The molecule has 82 valence electrons. The smallest absolute Gasteiger partial charge is 0.203 e. The maximum Gasteiger partial charge on any atom is 0.203 e. The van der Waals surface area contributed by atoms with Gasteiger partial charge in [0.15, 0.2) is 17.4 Å². The standard InChI is InChI=1S/C10H10F3NO/c11-6-4-5(7-2-1-3-14-7)8(12)10(15)9(6)13/h4,7,14-15H,1-3H2. The normalized spacial score (nSPS) is 20.9. The number of phenolic OH excluding ortho intramolecular Hbond substituents is 1. The quantitative estimate of drug-likeness (QED) is 0.707. The van der Waals surface area contributed by atoms with Crippen LogP contribution in [-0.4, -0.2) is 11.7 Å². The number of halogens is 3. The Morgan fingerprint density at radius 3 is 2.60 bits per heavy atom. The molecule has 0 radical (unpaired) electrons. The van der Waals surface area contributed by atoms with E-state index >= 15 is 0 Å². The molecule has 0 aromatic heterocycles. The summed E-state index contributed by atoms with van der Waals surface area (Å²) in [5.41, 5.74) is -0.0103. The molecule has 15 heavy (non-hydrogen) atoms. The summed E-state index contributed by atoms with van der Waals surface area (Å²) in [5, 5.41) is 12.0. The van der Waals surface area contributed by atoms with Gasteiger partial charge in [-0.15, -0.1) is 0 Å². The minimum Gasteiger partial charge on any atom is -0.503 e. The number of rotatable bonds is 1. The molecule has 1 fully saturated rings. The number of hydrogen-bond acceptors (Lipinski definition) is 2. The summed E-state index contributed by atoms with van der Waals surface area (Å²) in [6.45, 7) is 0.712. The molecule has 1 unspecified atom stereocenters. The molecule has 2 nitrogen and oxygen atoms in total. The van der Waals surface area contributed by atoms with Crippen LogP contribution in [0.1, 0.15) is 24.4 Å². The average molecular weight is 217 g/mol. The monoisotopic (exact) mass is 217 g/mol. The Morgan fingerprint density at radius 1 is 1.27 bits per heavy atom. The highest BCUT2D eigenvalue weighted by atomic mass is 19.2. The van der Waals surface area contributed by atoms with Gasteiger partial charge in [-0.1, -0.05) is 0 Å². The van der Waals surface area contributed by atoms with Crippen LogP contribution in [0.25, 0.3) is 0 Å². The molecule has 1 aromatic carbocycles. The fourth-order valence-electron chi connectivity index (χ4n) is 1.81. The lowest BCUT2D eigenvalue weighted by atomic mass is 10.0. The molecule has 2 rings (SSSR count). The summed E-state index contributed by atoms with van der Waals surface area (Å²) in [6.07, 6.45) is 1.51. The van der Waals surface area contributed by atoms with Crippen molar-refractivity contribution in [3.05, 3.63) is 29.1 Å². The van der Waals surface area contributed by atoms with Gasteiger partial charge in [-0.2, -0.15) is 4.39 Å². The van der Waals surface area contributed by atoms with E-state index in [1.165, 1.54) is 0 Å². The Morgan fingerprint density at radius 2 is 2.00 bits per heavy atom. The molecule has 1 aliphatic rings. The summed E-state index contributed by atoms with van der Waals surface area (Å²) in [7, 11) is 0. The van der Waals surface area contributed by atoms with Crippen LogP contribution in [0.15, 0.2) is 6.07 Å². The first-order chi connectivity index (χ1) is 7.11. The van der Waals surface area contributed by atoms with Gasteiger partial charge in [0, 0.05) is 11.6 Å². The van der Waals surface area contributed by atoms with Crippen LogP contribution >= 0.6 is 0 Å². The van der Waals surface area contributed by atoms with Gasteiger partial charge in [-0.3, -0.25) is 0 Å². The highest BCUT2D eigenvalue weighted by Crippen LogP contribution is 2.32. The van der Waals surface area contributed by atoms with E-state index in [1.807, 2.05) is 0 Å². The van der Waals surface area contributed by atoms with E-state index in [1.54, 1.807) is 0 Å². The third-order valence-electron chi connectivity index (χ3n) is 2.60. The van der Waals surface area contributed by atoms with Gasteiger partial charge in [-0.05, 0) is 25.5 Å². The Labute approximate surface area is 84.7 Å². The zero-order valence-electron chi connectivity index (χ0n) is 7.86. The predicted molar refractivity (Wildman–Crippen MR) is 48.0 cm³/mol. The number of benzene rings is 1. The molecule has 1 heterocycles. The van der Waals surface area contributed by atoms with E-state index in [0.717, 1.165) is 12.5 Å². The second-order valence-electron chi connectivity index (χ2n) is 3.57. The average Bonchev–Trinajstić information content (AvgIpc) is 2.73. The molecular formula is C10H10F3NO. The second kappa shape index (κ2) is 3.73. The van der Waals surface area contributed by atoms with E-state index in [9.17, 15) is 13.2 Å². The molecule has 0 aliphatic carbocycles. The Hall–Kier alpha value is -1.23. The first-order valence-electron chi connectivity index (χ1n) is 4.71. The van der Waals surface area contributed by atoms with E-state index in [-0.39, 0.29) is 11.6 Å². The van der Waals surface area contributed by atoms with Crippen molar-refractivity contribution in [2.75, 3.05) is 6.54 Å². The molecule has 1 aliphatic heterocycles. The van der Waals surface area contributed by atoms with Gasteiger partial charge < -0.3 is 10.4 Å². The number of phenols is 1. The minimum absolute atomic E-state index is 0.0103. The maximum atomic E-state index is 13.4. The topological polar surface area (TPSA) is 32.3 Å². The highest BCUT2D eigenvalue weighted by Gasteiger charge is 2.25. The van der Waals surface area contributed by atoms with Gasteiger partial charge >= 0.3 is 0 Å². The molecule has 5 heteroatoms. The zero-order chi connectivity index (χ0) is 11.0. The number of nitrogens with one attached hydrogen (secondary N) is 1. The Kier molecular flexibility index (Phi) is 2.56. The summed E-state index contributed by atoms with van der Waals surface area (Å²) >= 11 is 0. The SMILES string of the molecule is Oc1c(F)c(F)cc(C2CCCN2)c1F. The molecule has 0 spiro atoms. The van der Waals surface area contributed by atoms with Crippen molar-refractivity contribution in [1.82, 2.24) is 5.32 Å². The second-order valence-corrected chi connectivity index (χ2v) is 3.57. The largest absolute Gasteiger partial charge is 0.503 e. The van der Waals surface area contributed by atoms with Crippen molar-refractivity contribution in [2.24, 2.45) is 0 Å². The Balaban J connectivity index is 2.47. The van der Waals surface area contributed by atoms with Crippen molar-refractivity contribution in [3.8, 4) is 5.75 Å². The fraction of sp³-hybridized carbons (Fsp3) is 0.400. The van der Waals surface area contributed by atoms with Gasteiger partial charge in [0.2, 0.25) is 5.82 Å². The summed E-state index contributed by atoms with van der Waals surface area (Å²) in [4.78, 5) is 0. The van der Waals surface area contributed by atoms with E-state index in [0.29, 0.717) is 13.0 Å². The van der Waals surface area contributed by atoms with E-state index < -0.39 is 23.2 Å². The zero-order valence-corrected chi connectivity index (χ0v) is 7.86. The van der Waals surface area contributed by atoms with Gasteiger partial charge in [0.25, 0.3) is 0 Å². The van der Waals surface area contributed by atoms with Crippen molar-refractivity contribution < 1.29 is 18.3 Å². The van der Waals surface area contributed by atoms with Crippen molar-refractivity contribution >= 4 is 0 Å². The third-order valence-corrected chi connectivity index (χ3v) is 2.60. The predicted octanol–water partition coefficient (Wildman–Crippen LogP) is 2.23. The highest BCUT2D eigenvalue weighted by molar-refractivity contribution is 5.34. The molecule has 1 atom stereocenters. The van der Waals surface area contributed by atoms with Crippen LogP contribution in [0.3, 0.4) is 0 Å². The fourth-order valence-corrected chi connectivity index (χ4v) is 1.81. The first kappa shape index (κ1) is 10.3. The van der Waals surface area contributed by atoms with Crippen molar-refractivity contribution in [1.29, 1.82) is 0 Å². The lowest BCUT2D eigenvalue weighted by Gasteiger charge is -2.13. The van der Waals surface area contributed by atoms with Crippen molar-refractivity contribution in [3.63, 3.8) is 0 Å². The van der Waals surface area contributed by atoms with Crippen LogP contribution in [0, 0.1) is 17.5 Å². The van der Waals surface area contributed by atoms with Gasteiger partial charge in [0.05, 0.1) is 0 Å². The molecule has 0 bridgehead atoms. The van der Waals surface area contributed by atoms with E-state index in [2.05, 4.69) is 5.32 Å². The van der Waals surface area contributed by atoms with Gasteiger partial charge in [0.1, 0.15) is 0 Å². The summed E-state index contributed by atoms with van der Waals surface area (Å²) in [5.74, 6) is -5.07. The number of aromatic hydroxyl groups is 1. The van der Waals surface area contributed by atoms with Crippen molar-refractivity contribution in [2.45, 2.75) is 18.9 Å². The maximum absolute atomic E-state index is 13.4. The molecule has 1 saturated heterocycles. The minimum atomic E-state index is -1.53. The summed E-state index contributed by atoms with van der Waals surface area (Å²) < 4.78 is 39.1. The van der Waals surface area contributed by atoms with E-state index in [4.69, 9.17) is 5.11 Å². The molecule has 0 amide bonds. The van der Waals surface area contributed by atoms with Crippen LogP contribution in [0.4, 0.5) is 13.2 Å². The molecule has 1 aromatic rings. The summed E-state index contributed by atoms with van der Waals surface area (Å²) in [6, 6.07) is 0.457. The first-order valence-corrected chi connectivity index (χ1v) is 4.71. The van der Waals surface area contributed by atoms with Crippen LogP contribution in [0.2, 0.25) is 0 Å². The third kappa shape index (κ3) is 1.67. The lowest BCUT2D eigenvalue weighted by Crippen LogP contribution is -2.15. The van der Waals surface area contributed by atoms with Crippen LogP contribution in [-0.2, 0) is 0 Å². The van der Waals surface area contributed by atoms with Crippen LogP contribution in [0.5, 0.6) is 5.75 Å². The Bertz CT molecular complexity index is 389. The number of hydrogen-bond donors (Lipinski definition) is 2. The van der Waals surface area contributed by atoms with Crippen LogP contribution < -0.4 is 5.32 Å². The lowest BCUT2D eigenvalue weighted by molar-refractivity contribution is 0.369. The van der Waals surface area contributed by atoms with Gasteiger partial charge in [-0.25, -0.2) is 8.78 Å².